The van der Waals surface area contributed by atoms with Gasteiger partial charge in [0.15, 0.2) is 0 Å². The van der Waals surface area contributed by atoms with Crippen LogP contribution in [0.4, 0.5) is 18.9 Å². The predicted octanol–water partition coefficient (Wildman–Crippen LogP) is 5.72. The average molecular weight is 398 g/mol. The minimum Gasteiger partial charge on any atom is -0.494 e. The molecule has 1 aliphatic rings. The highest BCUT2D eigenvalue weighted by Gasteiger charge is 2.33. The third-order valence-corrected chi connectivity index (χ3v) is 4.31. The van der Waals surface area contributed by atoms with Crippen LogP contribution in [0.25, 0.3) is 0 Å². The minimum absolute atomic E-state index is 0.0103. The van der Waals surface area contributed by atoms with E-state index in [1.807, 2.05) is 0 Å². The van der Waals surface area contributed by atoms with Gasteiger partial charge in [-0.25, -0.2) is 0 Å². The molecule has 0 aliphatic heterocycles. The van der Waals surface area contributed by atoms with E-state index >= 15 is 0 Å². The number of amides is 1. The summed E-state index contributed by atoms with van der Waals surface area (Å²) in [6.45, 7) is 0. The van der Waals surface area contributed by atoms with E-state index in [4.69, 9.17) is 22.8 Å². The Labute approximate surface area is 161 Å². The number of carbonyl (C=O) groups is 1. The van der Waals surface area contributed by atoms with Crippen LogP contribution < -0.4 is 5.32 Å². The SMILES string of the molecule is C#C/C=C\C=C(/CC(=O)Nc1ccc(Cl)c(C(F)(F)F)c1)OC1CCCC1. The van der Waals surface area contributed by atoms with Crippen molar-refractivity contribution in [3.05, 3.63) is 52.8 Å². The molecule has 0 unspecified atom stereocenters. The number of halogens is 4. The monoisotopic (exact) mass is 397 g/mol. The standard InChI is InChI=1S/C20H19ClF3NO2/c1-2-3-4-9-16(27-15-7-5-6-8-15)13-19(26)25-14-10-11-18(21)17(12-14)20(22,23)24/h1,3-4,9-12,15H,5-8,13H2,(H,25,26)/b4-3-,16-9+. The first-order valence-electron chi connectivity index (χ1n) is 8.44. The van der Waals surface area contributed by atoms with Gasteiger partial charge < -0.3 is 10.1 Å². The Bertz CT molecular complexity index is 772. The van der Waals surface area contributed by atoms with Crippen molar-refractivity contribution in [3.63, 3.8) is 0 Å². The first-order chi connectivity index (χ1) is 12.8. The maximum atomic E-state index is 12.9. The van der Waals surface area contributed by atoms with Crippen LogP contribution in [-0.4, -0.2) is 12.0 Å². The Balaban J connectivity index is 2.07. The molecule has 7 heteroatoms. The minimum atomic E-state index is -4.60. The summed E-state index contributed by atoms with van der Waals surface area (Å²) in [7, 11) is 0. The van der Waals surface area contributed by atoms with Crippen molar-refractivity contribution in [2.45, 2.75) is 44.4 Å². The average Bonchev–Trinajstić information content (AvgIpc) is 3.08. The van der Waals surface area contributed by atoms with E-state index in [-0.39, 0.29) is 18.2 Å². The number of rotatable bonds is 6. The molecule has 1 aromatic rings. The van der Waals surface area contributed by atoms with Crippen LogP contribution in [-0.2, 0) is 15.7 Å². The summed E-state index contributed by atoms with van der Waals surface area (Å²) in [6, 6.07) is 3.22. The number of benzene rings is 1. The molecule has 3 nitrogen and oxygen atoms in total. The molecule has 0 aromatic heterocycles. The van der Waals surface area contributed by atoms with Gasteiger partial charge in [0.1, 0.15) is 5.76 Å². The highest BCUT2D eigenvalue weighted by atomic mass is 35.5. The second-order valence-electron chi connectivity index (χ2n) is 6.10. The molecular weight excluding hydrogens is 379 g/mol. The number of hydrogen-bond donors (Lipinski definition) is 1. The lowest BCUT2D eigenvalue weighted by Crippen LogP contribution is -2.16. The van der Waals surface area contributed by atoms with E-state index in [2.05, 4.69) is 11.2 Å². The lowest BCUT2D eigenvalue weighted by Gasteiger charge is -2.16. The van der Waals surface area contributed by atoms with Crippen molar-refractivity contribution in [2.24, 2.45) is 0 Å². The van der Waals surface area contributed by atoms with Gasteiger partial charge >= 0.3 is 6.18 Å². The number of allylic oxidation sites excluding steroid dienone is 3. The van der Waals surface area contributed by atoms with Crippen LogP contribution in [0.1, 0.15) is 37.7 Å². The van der Waals surface area contributed by atoms with E-state index in [9.17, 15) is 18.0 Å². The van der Waals surface area contributed by atoms with Gasteiger partial charge in [-0.2, -0.15) is 13.2 Å². The topological polar surface area (TPSA) is 38.3 Å². The number of carbonyl (C=O) groups excluding carboxylic acids is 1. The molecule has 0 atom stereocenters. The second kappa shape index (κ2) is 9.52. The molecular formula is C20H19ClF3NO2. The summed E-state index contributed by atoms with van der Waals surface area (Å²) in [4.78, 5) is 12.3. The summed E-state index contributed by atoms with van der Waals surface area (Å²) in [5.41, 5.74) is -0.993. The van der Waals surface area contributed by atoms with Crippen molar-refractivity contribution in [2.75, 3.05) is 5.32 Å². The van der Waals surface area contributed by atoms with Crippen molar-refractivity contribution in [1.82, 2.24) is 0 Å². The first kappa shape index (κ1) is 20.9. The van der Waals surface area contributed by atoms with Crippen molar-refractivity contribution in [3.8, 4) is 12.3 Å². The largest absolute Gasteiger partial charge is 0.494 e. The Morgan fingerprint density at radius 1 is 1.37 bits per heavy atom. The zero-order valence-corrected chi connectivity index (χ0v) is 15.2. The molecule has 2 rings (SSSR count). The molecule has 27 heavy (non-hydrogen) atoms. The van der Waals surface area contributed by atoms with E-state index in [0.717, 1.165) is 37.8 Å². The van der Waals surface area contributed by atoms with Crippen molar-refractivity contribution >= 4 is 23.2 Å². The molecule has 1 N–H and O–H groups in total. The van der Waals surface area contributed by atoms with Crippen LogP contribution in [0.5, 0.6) is 0 Å². The lowest BCUT2D eigenvalue weighted by atomic mass is 10.2. The molecule has 1 amide bonds. The summed E-state index contributed by atoms with van der Waals surface area (Å²) >= 11 is 5.58. The molecule has 0 saturated heterocycles. The number of anilines is 1. The molecule has 1 aliphatic carbocycles. The van der Waals surface area contributed by atoms with Crippen LogP contribution in [0.3, 0.4) is 0 Å². The fraction of sp³-hybridized carbons (Fsp3) is 0.350. The summed E-state index contributed by atoms with van der Waals surface area (Å²) < 4.78 is 44.6. The number of hydrogen-bond acceptors (Lipinski definition) is 2. The third kappa shape index (κ3) is 6.69. The Morgan fingerprint density at radius 2 is 2.07 bits per heavy atom. The quantitative estimate of drug-likeness (QED) is 0.379. The maximum absolute atomic E-state index is 12.9. The maximum Gasteiger partial charge on any atom is 0.417 e. The Kier molecular flexibility index (Phi) is 7.37. The van der Waals surface area contributed by atoms with Gasteiger partial charge in [-0.15, -0.1) is 6.42 Å². The number of ether oxygens (including phenoxy) is 1. The van der Waals surface area contributed by atoms with Gasteiger partial charge in [0.25, 0.3) is 0 Å². The molecule has 0 bridgehead atoms. The van der Waals surface area contributed by atoms with E-state index in [0.29, 0.717) is 5.76 Å². The second-order valence-corrected chi connectivity index (χ2v) is 6.51. The van der Waals surface area contributed by atoms with Crippen LogP contribution in [0.15, 0.2) is 42.2 Å². The summed E-state index contributed by atoms with van der Waals surface area (Å²) in [5, 5.41) is 2.02. The molecule has 144 valence electrons. The summed E-state index contributed by atoms with van der Waals surface area (Å²) in [6.07, 6.45) is 9.06. The first-order valence-corrected chi connectivity index (χ1v) is 8.82. The van der Waals surface area contributed by atoms with Gasteiger partial charge in [-0.05, 0) is 56.0 Å². The highest BCUT2D eigenvalue weighted by molar-refractivity contribution is 6.31. The number of alkyl halides is 3. The smallest absolute Gasteiger partial charge is 0.417 e. The van der Waals surface area contributed by atoms with Crippen LogP contribution >= 0.6 is 11.6 Å². The zero-order chi connectivity index (χ0) is 19.9. The van der Waals surface area contributed by atoms with Crippen molar-refractivity contribution in [1.29, 1.82) is 0 Å². The van der Waals surface area contributed by atoms with Gasteiger partial charge in [-0.1, -0.05) is 23.6 Å². The van der Waals surface area contributed by atoms with Gasteiger partial charge in [-0.3, -0.25) is 4.79 Å². The van der Waals surface area contributed by atoms with Crippen LogP contribution in [0.2, 0.25) is 5.02 Å². The van der Waals surface area contributed by atoms with Crippen molar-refractivity contribution < 1.29 is 22.7 Å². The molecule has 0 radical (unpaired) electrons. The molecule has 0 spiro atoms. The third-order valence-electron chi connectivity index (χ3n) is 3.99. The summed E-state index contributed by atoms with van der Waals surface area (Å²) in [5.74, 6) is 2.25. The van der Waals surface area contributed by atoms with Gasteiger partial charge in [0.2, 0.25) is 5.91 Å². The number of terminal acetylenes is 1. The van der Waals surface area contributed by atoms with Gasteiger partial charge in [0.05, 0.1) is 23.1 Å². The highest BCUT2D eigenvalue weighted by Crippen LogP contribution is 2.36. The van der Waals surface area contributed by atoms with E-state index < -0.39 is 22.7 Å². The molecule has 1 saturated carbocycles. The molecule has 1 fully saturated rings. The van der Waals surface area contributed by atoms with E-state index in [1.165, 1.54) is 12.1 Å². The lowest BCUT2D eigenvalue weighted by molar-refractivity contribution is -0.137. The fourth-order valence-electron chi connectivity index (χ4n) is 2.75. The molecule has 1 aromatic carbocycles. The normalized spacial score (nSPS) is 15.7. The predicted molar refractivity (Wildman–Crippen MR) is 99.1 cm³/mol. The Morgan fingerprint density at radius 3 is 2.70 bits per heavy atom. The molecule has 0 heterocycles. The van der Waals surface area contributed by atoms with Gasteiger partial charge in [0, 0.05) is 5.69 Å². The number of nitrogens with one attached hydrogen (secondary N) is 1. The van der Waals surface area contributed by atoms with E-state index in [1.54, 1.807) is 12.2 Å². The van der Waals surface area contributed by atoms with Crippen LogP contribution in [0, 0.1) is 12.3 Å². The Hall–Kier alpha value is -2.39. The fourth-order valence-corrected chi connectivity index (χ4v) is 2.98. The zero-order valence-electron chi connectivity index (χ0n) is 14.5.